The molecule has 2 aromatic carbocycles. The van der Waals surface area contributed by atoms with E-state index < -0.39 is 46.9 Å². The summed E-state index contributed by atoms with van der Waals surface area (Å²) >= 11 is 5.90. The van der Waals surface area contributed by atoms with Crippen molar-refractivity contribution in [2.45, 2.75) is 49.3 Å². The lowest BCUT2D eigenvalue weighted by atomic mass is 10.0. The van der Waals surface area contributed by atoms with Gasteiger partial charge in [-0.15, -0.1) is 12.4 Å². The lowest BCUT2D eigenvalue weighted by Gasteiger charge is -2.25. The quantitative estimate of drug-likeness (QED) is 0.298. The van der Waals surface area contributed by atoms with E-state index in [9.17, 15) is 31.4 Å². The third-order valence-electron chi connectivity index (χ3n) is 5.17. The molecule has 0 aromatic heterocycles. The smallest absolute Gasteiger partial charge is 0.319 e. The van der Waals surface area contributed by atoms with Gasteiger partial charge in [0, 0.05) is 17.9 Å². The fourth-order valence-electron chi connectivity index (χ4n) is 3.47. The predicted octanol–water partition coefficient (Wildman–Crippen LogP) is 5.19. The minimum Gasteiger partial charge on any atom is -0.319 e. The topological polar surface area (TPSA) is 80.5 Å². The second-order valence-electron chi connectivity index (χ2n) is 7.71. The molecular formula is C22H22Cl2F4N2O3S. The molecule has 1 heterocycles. The molecule has 5 nitrogen and oxygen atoms in total. The third kappa shape index (κ3) is 7.00. The molecule has 12 heteroatoms. The minimum atomic E-state index is -4.33. The van der Waals surface area contributed by atoms with E-state index in [4.69, 9.17) is 17.3 Å². The van der Waals surface area contributed by atoms with Crippen LogP contribution in [0.4, 0.5) is 23.2 Å². The molecule has 3 rings (SSSR count). The molecule has 34 heavy (non-hydrogen) atoms. The molecule has 0 radical (unpaired) electrons. The van der Waals surface area contributed by atoms with Crippen LogP contribution in [0.2, 0.25) is 5.02 Å². The van der Waals surface area contributed by atoms with Gasteiger partial charge >= 0.3 is 6.18 Å². The van der Waals surface area contributed by atoms with Gasteiger partial charge in [-0.05, 0) is 42.7 Å². The number of nitrogens with two attached hydrogens (primary N) is 1. The number of carbonyl (C=O) groups is 2. The number of benzene rings is 2. The van der Waals surface area contributed by atoms with E-state index in [0.29, 0.717) is 10.6 Å². The van der Waals surface area contributed by atoms with E-state index in [-0.39, 0.29) is 60.1 Å². The molecule has 1 amide bonds. The monoisotopic (exact) mass is 540 g/mol. The first-order valence-electron chi connectivity index (χ1n) is 10.1. The number of ketones is 1. The van der Waals surface area contributed by atoms with Gasteiger partial charge in [0.2, 0.25) is 5.91 Å². The normalized spacial score (nSPS) is 18.2. The molecule has 1 aliphatic rings. The maximum atomic E-state index is 14.7. The van der Waals surface area contributed by atoms with E-state index in [1.807, 2.05) is 0 Å². The Balaban J connectivity index is 0.00000408. The molecule has 186 valence electrons. The fraction of sp³-hybridized carbons (Fsp3) is 0.364. The third-order valence-corrected chi connectivity index (χ3v) is 6.90. The molecule has 1 aliphatic heterocycles. The maximum absolute atomic E-state index is 14.7. The number of amides is 1. The second-order valence-corrected chi connectivity index (χ2v) is 9.62. The summed E-state index contributed by atoms with van der Waals surface area (Å²) in [5.41, 5.74) is 6.29. The molecule has 0 bridgehead atoms. The average molecular weight is 541 g/mol. The van der Waals surface area contributed by atoms with Crippen LogP contribution in [0.3, 0.4) is 0 Å². The van der Waals surface area contributed by atoms with Crippen molar-refractivity contribution in [2.75, 3.05) is 10.7 Å². The van der Waals surface area contributed by atoms with Crippen molar-refractivity contribution in [3.05, 3.63) is 58.4 Å². The largest absolute Gasteiger partial charge is 0.389 e. The zero-order chi connectivity index (χ0) is 24.3. The van der Waals surface area contributed by atoms with Crippen LogP contribution in [-0.4, -0.2) is 33.9 Å². The summed E-state index contributed by atoms with van der Waals surface area (Å²) in [6, 6.07) is 7.58. The molecular weight excluding hydrogens is 519 g/mol. The number of unbranched alkanes of at least 4 members (excludes halogenated alkanes) is 1. The van der Waals surface area contributed by atoms with Crippen molar-refractivity contribution >= 4 is 52.2 Å². The Morgan fingerprint density at radius 1 is 1.18 bits per heavy atom. The highest BCUT2D eigenvalue weighted by Gasteiger charge is 2.33. The molecule has 0 spiro atoms. The maximum Gasteiger partial charge on any atom is 0.389 e. The summed E-state index contributed by atoms with van der Waals surface area (Å²) in [4.78, 5) is 26.8. The number of Topliss-reactive ketones (excluding diaryl/α,β-unsaturated/α-hetero) is 1. The van der Waals surface area contributed by atoms with Crippen LogP contribution >= 0.6 is 24.0 Å². The number of carbonyl (C=O) groups excluding carboxylic acids is 2. The minimum absolute atomic E-state index is 0. The highest BCUT2D eigenvalue weighted by Crippen LogP contribution is 2.33. The zero-order valence-corrected chi connectivity index (χ0v) is 20.1. The summed E-state index contributed by atoms with van der Waals surface area (Å²) in [5.74, 6) is -2.41. The number of anilines is 1. The van der Waals surface area contributed by atoms with E-state index in [1.54, 1.807) is 24.3 Å². The Bertz CT molecular complexity index is 1080. The Kier molecular flexibility index (Phi) is 9.64. The molecule has 2 atom stereocenters. The summed E-state index contributed by atoms with van der Waals surface area (Å²) in [5, 5.41) is 0.486. The molecule has 0 unspecified atom stereocenters. The number of fused-ring (bicyclic) bond motifs is 1. The first kappa shape index (κ1) is 28.2. The van der Waals surface area contributed by atoms with E-state index >= 15 is 0 Å². The standard InChI is InChI=1S/C22H21ClF4N2O3S.ClH/c23-14-6-4-13(5-7-14)11-29-18-9-15(19(30)3-1-2-8-22(25,26)27)16(24)10-20(18)33(32)12-17(28)21(29)31;/h4-7,9-10,17H,1-3,8,11-12,28H2;1H/t17-,33+;/m0./s1. The van der Waals surface area contributed by atoms with Crippen LogP contribution in [0.1, 0.15) is 41.6 Å². The average Bonchev–Trinajstić information content (AvgIpc) is 2.82. The summed E-state index contributed by atoms with van der Waals surface area (Å²) in [6.07, 6.45) is -5.99. The van der Waals surface area contributed by atoms with Crippen molar-refractivity contribution in [3.8, 4) is 0 Å². The molecule has 0 saturated heterocycles. The second kappa shape index (κ2) is 11.6. The number of halogens is 6. The summed E-state index contributed by atoms with van der Waals surface area (Å²) in [6.45, 7) is 0.0126. The van der Waals surface area contributed by atoms with Crippen LogP contribution in [0.25, 0.3) is 0 Å². The van der Waals surface area contributed by atoms with Crippen molar-refractivity contribution in [1.82, 2.24) is 0 Å². The molecule has 2 aromatic rings. The molecule has 0 fully saturated rings. The van der Waals surface area contributed by atoms with Gasteiger partial charge in [0.25, 0.3) is 0 Å². The van der Waals surface area contributed by atoms with Crippen molar-refractivity contribution < 1.29 is 31.4 Å². The van der Waals surface area contributed by atoms with Crippen LogP contribution in [-0.2, 0) is 22.1 Å². The lowest BCUT2D eigenvalue weighted by molar-refractivity contribution is -0.135. The Hall–Kier alpha value is -2.01. The predicted molar refractivity (Wildman–Crippen MR) is 124 cm³/mol. The van der Waals surface area contributed by atoms with Gasteiger partial charge in [0.05, 0.1) is 45.3 Å². The Morgan fingerprint density at radius 3 is 2.44 bits per heavy atom. The SMILES string of the molecule is Cl.N[C@H]1C[S@@](=O)c2cc(F)c(C(=O)CCCCC(F)(F)F)cc2N(Cc2ccc(Cl)cc2)C1=O. The van der Waals surface area contributed by atoms with Crippen molar-refractivity contribution in [3.63, 3.8) is 0 Å². The van der Waals surface area contributed by atoms with Gasteiger partial charge in [0.15, 0.2) is 5.78 Å². The molecule has 0 saturated carbocycles. The van der Waals surface area contributed by atoms with E-state index in [0.717, 1.165) is 12.1 Å². The van der Waals surface area contributed by atoms with Crippen LogP contribution in [0, 0.1) is 5.82 Å². The van der Waals surface area contributed by atoms with Gasteiger partial charge in [-0.25, -0.2) is 4.39 Å². The van der Waals surface area contributed by atoms with Crippen molar-refractivity contribution in [1.29, 1.82) is 0 Å². The number of alkyl halides is 3. The van der Waals surface area contributed by atoms with Gasteiger partial charge in [-0.2, -0.15) is 13.2 Å². The first-order valence-corrected chi connectivity index (χ1v) is 11.8. The summed E-state index contributed by atoms with van der Waals surface area (Å²) in [7, 11) is -1.80. The highest BCUT2D eigenvalue weighted by molar-refractivity contribution is 7.85. The van der Waals surface area contributed by atoms with Crippen molar-refractivity contribution in [2.24, 2.45) is 5.73 Å². The molecule has 2 N–H and O–H groups in total. The van der Waals surface area contributed by atoms with E-state index in [2.05, 4.69) is 0 Å². The van der Waals surface area contributed by atoms with Gasteiger partial charge in [0.1, 0.15) is 5.82 Å². The van der Waals surface area contributed by atoms with Crippen LogP contribution < -0.4 is 10.6 Å². The van der Waals surface area contributed by atoms with Crippen LogP contribution in [0.15, 0.2) is 41.3 Å². The van der Waals surface area contributed by atoms with Gasteiger partial charge < -0.3 is 10.6 Å². The Labute approximate surface area is 207 Å². The number of hydrogen-bond acceptors (Lipinski definition) is 4. The Morgan fingerprint density at radius 2 is 1.82 bits per heavy atom. The number of hydrogen-bond donors (Lipinski definition) is 1. The fourth-order valence-corrected chi connectivity index (χ4v) is 4.89. The number of rotatable bonds is 7. The molecule has 0 aliphatic carbocycles. The lowest BCUT2D eigenvalue weighted by Crippen LogP contribution is -2.44. The zero-order valence-electron chi connectivity index (χ0n) is 17.7. The van der Waals surface area contributed by atoms with Gasteiger partial charge in [-0.1, -0.05) is 23.7 Å². The first-order chi connectivity index (χ1) is 15.5. The van der Waals surface area contributed by atoms with E-state index in [1.165, 1.54) is 4.90 Å². The highest BCUT2D eigenvalue weighted by atomic mass is 35.5. The number of nitrogens with zero attached hydrogens (tertiary/aromatic N) is 1. The van der Waals surface area contributed by atoms with Gasteiger partial charge in [-0.3, -0.25) is 13.8 Å². The summed E-state index contributed by atoms with van der Waals surface area (Å²) < 4.78 is 64.4. The van der Waals surface area contributed by atoms with Crippen LogP contribution in [0.5, 0.6) is 0 Å².